The van der Waals surface area contributed by atoms with Crippen molar-refractivity contribution in [3.63, 3.8) is 0 Å². The second-order valence-electron chi connectivity index (χ2n) is 7.68. The molecule has 0 bridgehead atoms. The van der Waals surface area contributed by atoms with Crippen molar-refractivity contribution in [3.05, 3.63) is 94.8 Å². The SMILES string of the molecule is COc1ccc(N(C)c2cc(=O)oc3ccccc23)cc1NC(=O)[C@@H](N)Cc1ccccc1. The van der Waals surface area contributed by atoms with Crippen molar-refractivity contribution in [1.29, 1.82) is 0 Å². The second-order valence-corrected chi connectivity index (χ2v) is 7.68. The van der Waals surface area contributed by atoms with E-state index in [1.54, 1.807) is 18.2 Å². The third kappa shape index (κ3) is 4.88. The van der Waals surface area contributed by atoms with Gasteiger partial charge in [0, 0.05) is 24.2 Å². The molecular formula is C26H25N3O4. The number of methoxy groups -OCH3 is 1. The van der Waals surface area contributed by atoms with E-state index >= 15 is 0 Å². The zero-order valence-electron chi connectivity index (χ0n) is 18.4. The first-order valence-electron chi connectivity index (χ1n) is 10.5. The van der Waals surface area contributed by atoms with Crippen LogP contribution in [0.2, 0.25) is 0 Å². The summed E-state index contributed by atoms with van der Waals surface area (Å²) in [6.45, 7) is 0. The Morgan fingerprint density at radius 1 is 1.06 bits per heavy atom. The minimum atomic E-state index is -0.721. The number of ether oxygens (including phenoxy) is 1. The van der Waals surface area contributed by atoms with Crippen molar-refractivity contribution in [3.8, 4) is 5.75 Å². The monoisotopic (exact) mass is 443 g/mol. The highest BCUT2D eigenvalue weighted by Crippen LogP contribution is 2.34. The van der Waals surface area contributed by atoms with E-state index in [0.29, 0.717) is 29.1 Å². The minimum absolute atomic E-state index is 0.317. The molecule has 4 aromatic rings. The highest BCUT2D eigenvalue weighted by Gasteiger charge is 2.18. The Hall–Kier alpha value is -4.10. The Kier molecular flexibility index (Phi) is 6.42. The summed E-state index contributed by atoms with van der Waals surface area (Å²) in [5.41, 5.74) is 9.11. The number of anilines is 3. The first kappa shape index (κ1) is 22.1. The van der Waals surface area contributed by atoms with Crippen molar-refractivity contribution >= 4 is 33.9 Å². The fraction of sp³-hybridized carbons (Fsp3) is 0.154. The average molecular weight is 444 g/mol. The van der Waals surface area contributed by atoms with Gasteiger partial charge >= 0.3 is 5.63 Å². The van der Waals surface area contributed by atoms with E-state index in [0.717, 1.165) is 16.6 Å². The Morgan fingerprint density at radius 2 is 1.79 bits per heavy atom. The van der Waals surface area contributed by atoms with Crippen LogP contribution in [0.3, 0.4) is 0 Å². The van der Waals surface area contributed by atoms with E-state index in [2.05, 4.69) is 5.32 Å². The van der Waals surface area contributed by atoms with Gasteiger partial charge in [0.2, 0.25) is 5.91 Å². The van der Waals surface area contributed by atoms with Crippen LogP contribution in [0.25, 0.3) is 11.0 Å². The Balaban J connectivity index is 1.62. The fourth-order valence-corrected chi connectivity index (χ4v) is 3.70. The Bertz CT molecular complexity index is 1330. The molecule has 1 aromatic heterocycles. The molecular weight excluding hydrogens is 418 g/mol. The van der Waals surface area contributed by atoms with Gasteiger partial charge in [-0.1, -0.05) is 42.5 Å². The van der Waals surface area contributed by atoms with Gasteiger partial charge in [0.25, 0.3) is 0 Å². The van der Waals surface area contributed by atoms with Crippen LogP contribution in [-0.2, 0) is 11.2 Å². The molecule has 0 aliphatic carbocycles. The van der Waals surface area contributed by atoms with Crippen LogP contribution in [-0.4, -0.2) is 26.1 Å². The van der Waals surface area contributed by atoms with Crippen molar-refractivity contribution in [2.24, 2.45) is 5.73 Å². The van der Waals surface area contributed by atoms with Crippen molar-refractivity contribution in [2.45, 2.75) is 12.5 Å². The van der Waals surface area contributed by atoms with E-state index < -0.39 is 11.7 Å². The van der Waals surface area contributed by atoms with Crippen LogP contribution >= 0.6 is 0 Å². The van der Waals surface area contributed by atoms with E-state index in [1.807, 2.05) is 66.5 Å². The van der Waals surface area contributed by atoms with Crippen LogP contribution in [0.4, 0.5) is 17.1 Å². The van der Waals surface area contributed by atoms with Gasteiger partial charge in [-0.3, -0.25) is 4.79 Å². The molecule has 0 fully saturated rings. The lowest BCUT2D eigenvalue weighted by Gasteiger charge is -2.22. The number of carbonyl (C=O) groups excluding carboxylic acids is 1. The molecule has 3 aromatic carbocycles. The third-order valence-electron chi connectivity index (χ3n) is 5.45. The van der Waals surface area contributed by atoms with E-state index in [-0.39, 0.29) is 5.91 Å². The summed E-state index contributed by atoms with van der Waals surface area (Å²) in [5.74, 6) is 0.188. The van der Waals surface area contributed by atoms with Crippen LogP contribution < -0.4 is 26.3 Å². The van der Waals surface area contributed by atoms with Gasteiger partial charge < -0.3 is 25.1 Å². The van der Waals surface area contributed by atoms with Gasteiger partial charge in [-0.15, -0.1) is 0 Å². The van der Waals surface area contributed by atoms with Crippen LogP contribution in [0, 0.1) is 0 Å². The topological polar surface area (TPSA) is 97.8 Å². The minimum Gasteiger partial charge on any atom is -0.495 e. The summed E-state index contributed by atoms with van der Waals surface area (Å²) < 4.78 is 10.7. The highest BCUT2D eigenvalue weighted by atomic mass is 16.5. The maximum atomic E-state index is 12.8. The predicted molar refractivity (Wildman–Crippen MR) is 130 cm³/mol. The highest BCUT2D eigenvalue weighted by molar-refractivity contribution is 5.97. The summed E-state index contributed by atoms with van der Waals surface area (Å²) in [7, 11) is 3.38. The molecule has 0 radical (unpaired) electrons. The first-order chi connectivity index (χ1) is 16.0. The number of nitrogens with zero attached hydrogens (tertiary/aromatic N) is 1. The number of hydrogen-bond acceptors (Lipinski definition) is 6. The largest absolute Gasteiger partial charge is 0.495 e. The number of nitrogens with one attached hydrogen (secondary N) is 1. The molecule has 7 heteroatoms. The van der Waals surface area contributed by atoms with Gasteiger partial charge in [-0.25, -0.2) is 4.79 Å². The molecule has 3 N–H and O–H groups in total. The summed E-state index contributed by atoms with van der Waals surface area (Å²) >= 11 is 0. The Labute approximate surface area is 191 Å². The quantitative estimate of drug-likeness (QED) is 0.418. The predicted octanol–water partition coefficient (Wildman–Crippen LogP) is 4.08. The first-order valence-corrected chi connectivity index (χ1v) is 10.5. The number of rotatable bonds is 7. The number of para-hydroxylation sites is 1. The lowest BCUT2D eigenvalue weighted by atomic mass is 10.1. The third-order valence-corrected chi connectivity index (χ3v) is 5.45. The number of hydrogen-bond donors (Lipinski definition) is 2. The van der Waals surface area contributed by atoms with Gasteiger partial charge in [0.1, 0.15) is 11.3 Å². The van der Waals surface area contributed by atoms with Gasteiger partial charge in [-0.2, -0.15) is 0 Å². The lowest BCUT2D eigenvalue weighted by Crippen LogP contribution is -2.37. The number of nitrogens with two attached hydrogens (primary N) is 1. The summed E-state index contributed by atoms with van der Waals surface area (Å²) in [6, 6.07) is 23.1. The van der Waals surface area contributed by atoms with Crippen molar-refractivity contribution < 1.29 is 13.9 Å². The van der Waals surface area contributed by atoms with Crippen molar-refractivity contribution in [2.75, 3.05) is 24.4 Å². The molecule has 0 spiro atoms. The van der Waals surface area contributed by atoms with Gasteiger partial charge in [0.15, 0.2) is 0 Å². The maximum Gasteiger partial charge on any atom is 0.338 e. The normalized spacial score (nSPS) is 11.7. The van der Waals surface area contributed by atoms with E-state index in [9.17, 15) is 9.59 Å². The lowest BCUT2D eigenvalue weighted by molar-refractivity contribution is -0.117. The molecule has 0 unspecified atom stereocenters. The summed E-state index contributed by atoms with van der Waals surface area (Å²) in [6.07, 6.45) is 0.417. The molecule has 0 aliphatic rings. The summed E-state index contributed by atoms with van der Waals surface area (Å²) in [4.78, 5) is 26.7. The number of benzene rings is 3. The maximum absolute atomic E-state index is 12.8. The molecule has 33 heavy (non-hydrogen) atoms. The smallest absolute Gasteiger partial charge is 0.338 e. The standard InChI is InChI=1S/C26H25N3O4/c1-29(22-16-25(30)33-23-11-7-6-10-19(22)23)18-12-13-24(32-2)21(15-18)28-26(31)20(27)14-17-8-4-3-5-9-17/h3-13,15-16,20H,14,27H2,1-2H3,(H,28,31)/t20-/m0/s1. The Morgan fingerprint density at radius 3 is 2.55 bits per heavy atom. The zero-order valence-corrected chi connectivity index (χ0v) is 18.4. The van der Waals surface area contributed by atoms with Gasteiger partial charge in [0.05, 0.1) is 24.5 Å². The number of fused-ring (bicyclic) bond motifs is 1. The molecule has 0 aliphatic heterocycles. The molecule has 4 rings (SSSR count). The second kappa shape index (κ2) is 9.58. The fourth-order valence-electron chi connectivity index (χ4n) is 3.70. The molecule has 1 atom stereocenters. The molecule has 1 heterocycles. The number of carbonyl (C=O) groups is 1. The van der Waals surface area contributed by atoms with Crippen LogP contribution in [0.1, 0.15) is 5.56 Å². The van der Waals surface area contributed by atoms with Crippen LogP contribution in [0.15, 0.2) is 88.1 Å². The summed E-state index contributed by atoms with van der Waals surface area (Å²) in [5, 5.41) is 3.68. The zero-order chi connectivity index (χ0) is 23.4. The molecule has 168 valence electrons. The van der Waals surface area contributed by atoms with Crippen molar-refractivity contribution in [1.82, 2.24) is 0 Å². The molecule has 1 amide bonds. The van der Waals surface area contributed by atoms with Gasteiger partial charge in [-0.05, 0) is 42.3 Å². The number of amides is 1. The average Bonchev–Trinajstić information content (AvgIpc) is 2.83. The van der Waals surface area contributed by atoms with E-state index in [1.165, 1.54) is 13.2 Å². The van der Waals surface area contributed by atoms with E-state index in [4.69, 9.17) is 14.9 Å². The van der Waals surface area contributed by atoms with Crippen LogP contribution in [0.5, 0.6) is 5.75 Å². The molecule has 0 saturated heterocycles. The molecule has 0 saturated carbocycles. The molecule has 7 nitrogen and oxygen atoms in total.